The Morgan fingerprint density at radius 1 is 0.905 bits per heavy atom. The zero-order chi connectivity index (χ0) is 14.2. The van der Waals surface area contributed by atoms with Gasteiger partial charge in [-0.15, -0.1) is 0 Å². The van der Waals surface area contributed by atoms with E-state index >= 15 is 0 Å². The van der Waals surface area contributed by atoms with E-state index in [1.165, 1.54) is 30.4 Å². The normalized spacial score (nSPS) is 25.4. The molecule has 0 N–H and O–H groups in total. The van der Waals surface area contributed by atoms with Crippen LogP contribution in [-0.2, 0) is 0 Å². The highest BCUT2D eigenvalue weighted by Gasteiger charge is 2.42. The van der Waals surface area contributed by atoms with E-state index in [1.54, 1.807) is 11.1 Å². The second kappa shape index (κ2) is 5.18. The highest BCUT2D eigenvalue weighted by molar-refractivity contribution is 5.75. The second-order valence-electron chi connectivity index (χ2n) is 6.61. The number of benzene rings is 2. The number of fused-ring (bicyclic) bond motifs is 2. The summed E-state index contributed by atoms with van der Waals surface area (Å²) in [4.78, 5) is 0. The van der Waals surface area contributed by atoms with Crippen LogP contribution < -0.4 is 0 Å². The SMILES string of the molecule is CC(c1ccccc1)C1C(c2ccccc2)=C2CCC1C2. The van der Waals surface area contributed by atoms with Crippen LogP contribution in [0.25, 0.3) is 5.57 Å². The van der Waals surface area contributed by atoms with Crippen LogP contribution in [0.15, 0.2) is 66.2 Å². The maximum atomic E-state index is 2.42. The average Bonchev–Trinajstić information content (AvgIpc) is 3.17. The highest BCUT2D eigenvalue weighted by atomic mass is 14.5. The van der Waals surface area contributed by atoms with E-state index < -0.39 is 0 Å². The van der Waals surface area contributed by atoms with Gasteiger partial charge in [0.05, 0.1) is 0 Å². The molecule has 1 fully saturated rings. The first kappa shape index (κ1) is 12.9. The van der Waals surface area contributed by atoms with E-state index in [2.05, 4.69) is 67.6 Å². The summed E-state index contributed by atoms with van der Waals surface area (Å²) >= 11 is 0. The van der Waals surface area contributed by atoms with Crippen LogP contribution in [0.4, 0.5) is 0 Å². The molecule has 2 bridgehead atoms. The zero-order valence-corrected chi connectivity index (χ0v) is 12.6. The largest absolute Gasteiger partial charge is 0.0658 e. The molecule has 0 spiro atoms. The van der Waals surface area contributed by atoms with Crippen LogP contribution >= 0.6 is 0 Å². The maximum Gasteiger partial charge on any atom is -0.00588 e. The quantitative estimate of drug-likeness (QED) is 0.676. The fourth-order valence-corrected chi connectivity index (χ4v) is 4.54. The molecule has 3 unspecified atom stereocenters. The standard InChI is InChI=1S/C21H22/c1-15(16-8-4-2-5-9-16)20-18-12-13-19(14-18)21(20)17-10-6-3-7-11-17/h2-11,15,18,20H,12-14H2,1H3. The molecule has 0 aromatic heterocycles. The van der Waals surface area contributed by atoms with Gasteiger partial charge in [0.1, 0.15) is 0 Å². The third-order valence-corrected chi connectivity index (χ3v) is 5.50. The van der Waals surface area contributed by atoms with Gasteiger partial charge in [-0.25, -0.2) is 0 Å². The molecule has 4 rings (SSSR count). The third kappa shape index (κ3) is 2.14. The van der Waals surface area contributed by atoms with Gasteiger partial charge < -0.3 is 0 Å². The van der Waals surface area contributed by atoms with Crippen molar-refractivity contribution in [2.24, 2.45) is 11.8 Å². The molecule has 21 heavy (non-hydrogen) atoms. The van der Waals surface area contributed by atoms with Gasteiger partial charge in [-0.3, -0.25) is 0 Å². The molecule has 0 amide bonds. The summed E-state index contributed by atoms with van der Waals surface area (Å²) < 4.78 is 0. The Morgan fingerprint density at radius 2 is 1.57 bits per heavy atom. The smallest absolute Gasteiger partial charge is 0.00588 e. The Labute approximate surface area is 127 Å². The summed E-state index contributed by atoms with van der Waals surface area (Å²) in [7, 11) is 0. The minimum atomic E-state index is 0.615. The van der Waals surface area contributed by atoms with Crippen LogP contribution in [0.3, 0.4) is 0 Å². The lowest BCUT2D eigenvalue weighted by molar-refractivity contribution is 0.383. The highest BCUT2D eigenvalue weighted by Crippen LogP contribution is 2.56. The summed E-state index contributed by atoms with van der Waals surface area (Å²) in [6, 6.07) is 22.1. The lowest BCUT2D eigenvalue weighted by atomic mass is 9.73. The predicted octanol–water partition coefficient (Wildman–Crippen LogP) is 5.67. The fraction of sp³-hybridized carbons (Fsp3) is 0.333. The van der Waals surface area contributed by atoms with E-state index in [0.29, 0.717) is 11.8 Å². The van der Waals surface area contributed by atoms with Crippen molar-refractivity contribution in [3.05, 3.63) is 77.4 Å². The molecule has 0 saturated heterocycles. The molecule has 0 heterocycles. The topological polar surface area (TPSA) is 0 Å². The molecule has 106 valence electrons. The molecule has 2 aromatic carbocycles. The summed E-state index contributed by atoms with van der Waals surface area (Å²) in [6.45, 7) is 2.42. The molecule has 2 aromatic rings. The minimum absolute atomic E-state index is 0.615. The maximum absolute atomic E-state index is 2.42. The van der Waals surface area contributed by atoms with Gasteiger partial charge in [-0.1, -0.05) is 73.2 Å². The Balaban J connectivity index is 1.75. The van der Waals surface area contributed by atoms with Gasteiger partial charge in [0.2, 0.25) is 0 Å². The van der Waals surface area contributed by atoms with Crippen LogP contribution in [0.5, 0.6) is 0 Å². The van der Waals surface area contributed by atoms with E-state index in [1.807, 2.05) is 0 Å². The van der Waals surface area contributed by atoms with Crippen molar-refractivity contribution in [3.63, 3.8) is 0 Å². The Hall–Kier alpha value is -1.82. The van der Waals surface area contributed by atoms with Crippen LogP contribution in [-0.4, -0.2) is 0 Å². The van der Waals surface area contributed by atoms with Crippen LogP contribution in [0.1, 0.15) is 43.2 Å². The average molecular weight is 274 g/mol. The number of hydrogen-bond donors (Lipinski definition) is 0. The number of allylic oxidation sites excluding steroid dienone is 2. The summed E-state index contributed by atoms with van der Waals surface area (Å²) in [5, 5.41) is 0. The molecule has 3 atom stereocenters. The molecule has 1 saturated carbocycles. The first-order valence-corrected chi connectivity index (χ1v) is 8.17. The van der Waals surface area contributed by atoms with Crippen molar-refractivity contribution in [2.45, 2.75) is 32.1 Å². The van der Waals surface area contributed by atoms with Crippen LogP contribution in [0, 0.1) is 11.8 Å². The Morgan fingerprint density at radius 3 is 2.29 bits per heavy atom. The number of rotatable bonds is 3. The van der Waals surface area contributed by atoms with Crippen molar-refractivity contribution in [2.75, 3.05) is 0 Å². The molecule has 0 nitrogen and oxygen atoms in total. The molecule has 0 radical (unpaired) electrons. The van der Waals surface area contributed by atoms with E-state index in [-0.39, 0.29) is 0 Å². The van der Waals surface area contributed by atoms with Crippen molar-refractivity contribution >= 4 is 5.57 Å². The van der Waals surface area contributed by atoms with Crippen molar-refractivity contribution in [1.29, 1.82) is 0 Å². The Kier molecular flexibility index (Phi) is 3.18. The van der Waals surface area contributed by atoms with Crippen molar-refractivity contribution in [1.82, 2.24) is 0 Å². The molecule has 2 aliphatic rings. The monoisotopic (exact) mass is 274 g/mol. The van der Waals surface area contributed by atoms with Gasteiger partial charge in [-0.2, -0.15) is 0 Å². The first-order valence-electron chi connectivity index (χ1n) is 8.17. The van der Waals surface area contributed by atoms with Gasteiger partial charge in [0.15, 0.2) is 0 Å². The summed E-state index contributed by atoms with van der Waals surface area (Å²) in [5.74, 6) is 2.19. The molecule has 2 aliphatic carbocycles. The third-order valence-electron chi connectivity index (χ3n) is 5.50. The number of hydrogen-bond acceptors (Lipinski definition) is 0. The first-order chi connectivity index (χ1) is 10.3. The fourth-order valence-electron chi connectivity index (χ4n) is 4.54. The molecule has 0 aliphatic heterocycles. The molecular formula is C21H22. The summed E-state index contributed by atoms with van der Waals surface area (Å²) in [5.41, 5.74) is 6.36. The lowest BCUT2D eigenvalue weighted by Crippen LogP contribution is -2.19. The molecule has 0 heteroatoms. The summed E-state index contributed by atoms with van der Waals surface area (Å²) in [6.07, 6.45) is 4.06. The predicted molar refractivity (Wildman–Crippen MR) is 89.1 cm³/mol. The Bertz CT molecular complexity index is 651. The van der Waals surface area contributed by atoms with Gasteiger partial charge in [-0.05, 0) is 53.7 Å². The van der Waals surface area contributed by atoms with Gasteiger partial charge >= 0.3 is 0 Å². The van der Waals surface area contributed by atoms with Crippen molar-refractivity contribution in [3.8, 4) is 0 Å². The van der Waals surface area contributed by atoms with E-state index in [0.717, 1.165) is 5.92 Å². The zero-order valence-electron chi connectivity index (χ0n) is 12.6. The second-order valence-corrected chi connectivity index (χ2v) is 6.61. The lowest BCUT2D eigenvalue weighted by Gasteiger charge is -2.31. The van der Waals surface area contributed by atoms with E-state index in [9.17, 15) is 0 Å². The van der Waals surface area contributed by atoms with Crippen LogP contribution in [0.2, 0.25) is 0 Å². The van der Waals surface area contributed by atoms with Crippen molar-refractivity contribution < 1.29 is 0 Å². The van der Waals surface area contributed by atoms with Gasteiger partial charge in [0, 0.05) is 0 Å². The van der Waals surface area contributed by atoms with Gasteiger partial charge in [0.25, 0.3) is 0 Å². The molecular weight excluding hydrogens is 252 g/mol. The minimum Gasteiger partial charge on any atom is -0.0658 e. The van der Waals surface area contributed by atoms with E-state index in [4.69, 9.17) is 0 Å².